The number of nitrogens with one attached hydrogen (secondary N) is 1. The molecule has 2 rings (SSSR count). The summed E-state index contributed by atoms with van der Waals surface area (Å²) in [5.41, 5.74) is 5.43. The Balaban J connectivity index is 2.11. The summed E-state index contributed by atoms with van der Waals surface area (Å²) in [5.74, 6) is 0.184. The maximum atomic E-state index is 12.3. The van der Waals surface area contributed by atoms with E-state index >= 15 is 0 Å². The van der Waals surface area contributed by atoms with Crippen molar-refractivity contribution in [2.24, 2.45) is 5.73 Å². The predicted octanol–water partition coefficient (Wildman–Crippen LogP) is 1.06. The number of rotatable bonds is 7. The second-order valence-corrected chi connectivity index (χ2v) is 8.51. The van der Waals surface area contributed by atoms with Crippen LogP contribution in [0.4, 0.5) is 0 Å². The quantitative estimate of drug-likeness (QED) is 0.619. The molecule has 1 fully saturated rings. The molecule has 7 nitrogen and oxygen atoms in total. The van der Waals surface area contributed by atoms with E-state index in [1.807, 2.05) is 0 Å². The van der Waals surface area contributed by atoms with Crippen LogP contribution in [0.3, 0.4) is 0 Å². The number of aliphatic hydroxyl groups is 1. The Kier molecular flexibility index (Phi) is 7.33. The van der Waals surface area contributed by atoms with Crippen molar-refractivity contribution in [3.8, 4) is 5.75 Å². The highest BCUT2D eigenvalue weighted by atomic mass is 35.5. The van der Waals surface area contributed by atoms with Gasteiger partial charge in [0.15, 0.2) is 0 Å². The Morgan fingerprint density at radius 1 is 1.40 bits per heavy atom. The fourth-order valence-corrected chi connectivity index (χ4v) is 4.33. The molecule has 1 atom stereocenters. The number of β-amino-alcohol motifs (C(OH)–C–C–N with tert-alkyl or cyclic N) is 1. The van der Waals surface area contributed by atoms with Crippen molar-refractivity contribution in [3.63, 3.8) is 0 Å². The number of sulfonamides is 1. The van der Waals surface area contributed by atoms with Gasteiger partial charge < -0.3 is 20.5 Å². The molecule has 0 unspecified atom stereocenters. The standard InChI is InChI=1S/C15H23Cl2N3O4S/c1-19-25(22,23)15-13(3-2-12(16)14(15)17)24-11-4-6-20(7-5-11)9-10(21)8-18/h2-3,10-11,19,21H,4-9,18H2,1H3/t10-/m1/s1. The number of aliphatic hydroxyl groups excluding tert-OH is 1. The fraction of sp³-hybridized carbons (Fsp3) is 0.600. The zero-order valence-electron chi connectivity index (χ0n) is 13.9. The van der Waals surface area contributed by atoms with Crippen LogP contribution in [0.25, 0.3) is 0 Å². The number of likely N-dealkylation sites (tertiary alicyclic amines) is 1. The minimum atomic E-state index is -3.81. The predicted molar refractivity (Wildman–Crippen MR) is 97.9 cm³/mol. The Labute approximate surface area is 158 Å². The average molecular weight is 412 g/mol. The van der Waals surface area contributed by atoms with Crippen LogP contribution in [0.15, 0.2) is 17.0 Å². The van der Waals surface area contributed by atoms with Crippen LogP contribution in [0.5, 0.6) is 5.75 Å². The molecule has 1 aliphatic heterocycles. The summed E-state index contributed by atoms with van der Waals surface area (Å²) in [5, 5.41) is 9.71. The highest BCUT2D eigenvalue weighted by molar-refractivity contribution is 7.89. The van der Waals surface area contributed by atoms with Crippen LogP contribution in [-0.4, -0.2) is 63.9 Å². The van der Waals surface area contributed by atoms with Crippen molar-refractivity contribution in [3.05, 3.63) is 22.2 Å². The minimum Gasteiger partial charge on any atom is -0.489 e. The number of ether oxygens (including phenoxy) is 1. The normalized spacial score (nSPS) is 18.3. The lowest BCUT2D eigenvalue weighted by molar-refractivity contribution is 0.0630. The molecule has 0 amide bonds. The highest BCUT2D eigenvalue weighted by Gasteiger charge is 2.27. The van der Waals surface area contributed by atoms with Crippen molar-refractivity contribution >= 4 is 33.2 Å². The summed E-state index contributed by atoms with van der Waals surface area (Å²) in [6.45, 7) is 2.22. The van der Waals surface area contributed by atoms with E-state index < -0.39 is 16.1 Å². The first kappa shape index (κ1) is 20.7. The van der Waals surface area contributed by atoms with E-state index in [1.165, 1.54) is 19.2 Å². The molecule has 1 aromatic rings. The van der Waals surface area contributed by atoms with Crippen LogP contribution in [-0.2, 0) is 10.0 Å². The van der Waals surface area contributed by atoms with Crippen molar-refractivity contribution in [1.82, 2.24) is 9.62 Å². The van der Waals surface area contributed by atoms with Crippen molar-refractivity contribution < 1.29 is 18.3 Å². The molecule has 4 N–H and O–H groups in total. The van der Waals surface area contributed by atoms with Crippen LogP contribution in [0.2, 0.25) is 10.0 Å². The monoisotopic (exact) mass is 411 g/mol. The number of hydrogen-bond acceptors (Lipinski definition) is 6. The van der Waals surface area contributed by atoms with Gasteiger partial charge in [0, 0.05) is 26.2 Å². The van der Waals surface area contributed by atoms with E-state index in [-0.39, 0.29) is 33.3 Å². The molecule has 25 heavy (non-hydrogen) atoms. The maximum absolute atomic E-state index is 12.3. The first-order chi connectivity index (χ1) is 11.8. The number of nitrogens with two attached hydrogens (primary N) is 1. The summed E-state index contributed by atoms with van der Waals surface area (Å²) >= 11 is 12.0. The lowest BCUT2D eigenvalue weighted by Gasteiger charge is -2.33. The molecule has 10 heteroatoms. The topological polar surface area (TPSA) is 105 Å². The molecular weight excluding hydrogens is 389 g/mol. The number of piperidine rings is 1. The van der Waals surface area contributed by atoms with Crippen LogP contribution >= 0.6 is 23.2 Å². The van der Waals surface area contributed by atoms with E-state index in [0.29, 0.717) is 19.4 Å². The number of hydrogen-bond donors (Lipinski definition) is 3. The molecule has 1 aliphatic rings. The smallest absolute Gasteiger partial charge is 0.245 e. The number of benzene rings is 1. The van der Waals surface area contributed by atoms with Gasteiger partial charge in [-0.25, -0.2) is 13.1 Å². The Morgan fingerprint density at radius 3 is 2.60 bits per heavy atom. The second-order valence-electron chi connectivity index (χ2n) is 5.90. The van der Waals surface area contributed by atoms with Gasteiger partial charge in [0.2, 0.25) is 10.0 Å². The SMILES string of the molecule is CNS(=O)(=O)c1c(OC2CCN(C[C@H](O)CN)CC2)ccc(Cl)c1Cl. The van der Waals surface area contributed by atoms with Crippen molar-refractivity contribution in [1.29, 1.82) is 0 Å². The molecule has 0 aliphatic carbocycles. The van der Waals surface area contributed by atoms with E-state index in [2.05, 4.69) is 9.62 Å². The number of nitrogens with zero attached hydrogens (tertiary/aromatic N) is 1. The third-order valence-electron chi connectivity index (χ3n) is 4.12. The van der Waals surface area contributed by atoms with Gasteiger partial charge in [0.1, 0.15) is 16.7 Å². The lowest BCUT2D eigenvalue weighted by atomic mass is 10.1. The van der Waals surface area contributed by atoms with Crippen molar-refractivity contribution in [2.45, 2.75) is 29.9 Å². The van der Waals surface area contributed by atoms with Crippen LogP contribution in [0.1, 0.15) is 12.8 Å². The van der Waals surface area contributed by atoms with Crippen LogP contribution in [0, 0.1) is 0 Å². The third kappa shape index (κ3) is 5.19. The first-order valence-corrected chi connectivity index (χ1v) is 10.2. The summed E-state index contributed by atoms with van der Waals surface area (Å²) in [7, 11) is -2.51. The molecule has 1 heterocycles. The van der Waals surface area contributed by atoms with Gasteiger partial charge in [0.25, 0.3) is 0 Å². The minimum absolute atomic E-state index is 0.0583. The van der Waals surface area contributed by atoms with Gasteiger partial charge in [-0.15, -0.1) is 0 Å². The molecule has 0 spiro atoms. The Hall–Kier alpha value is -0.610. The Bertz CT molecular complexity index is 694. The van der Waals surface area contributed by atoms with Gasteiger partial charge in [0.05, 0.1) is 16.1 Å². The van der Waals surface area contributed by atoms with Crippen molar-refractivity contribution in [2.75, 3.05) is 33.2 Å². The largest absolute Gasteiger partial charge is 0.489 e. The Morgan fingerprint density at radius 2 is 2.04 bits per heavy atom. The lowest BCUT2D eigenvalue weighted by Crippen LogP contribution is -2.43. The summed E-state index contributed by atoms with van der Waals surface area (Å²) in [6, 6.07) is 3.03. The van der Waals surface area contributed by atoms with Gasteiger partial charge >= 0.3 is 0 Å². The molecular formula is C15H23Cl2N3O4S. The summed E-state index contributed by atoms with van der Waals surface area (Å²) < 4.78 is 32.7. The van der Waals surface area contributed by atoms with Gasteiger partial charge in [-0.3, -0.25) is 0 Å². The summed E-state index contributed by atoms with van der Waals surface area (Å²) in [6.07, 6.45) is 0.724. The second kappa shape index (κ2) is 8.85. The summed E-state index contributed by atoms with van der Waals surface area (Å²) in [4.78, 5) is 1.96. The van der Waals surface area contributed by atoms with Crippen LogP contribution < -0.4 is 15.2 Å². The van der Waals surface area contributed by atoms with E-state index in [4.69, 9.17) is 33.7 Å². The van der Waals surface area contributed by atoms with Gasteiger partial charge in [-0.05, 0) is 32.0 Å². The molecule has 142 valence electrons. The molecule has 0 radical (unpaired) electrons. The first-order valence-electron chi connectivity index (χ1n) is 7.97. The number of halogens is 2. The van der Waals surface area contributed by atoms with E-state index in [9.17, 15) is 13.5 Å². The van der Waals surface area contributed by atoms with Gasteiger partial charge in [-0.1, -0.05) is 23.2 Å². The van der Waals surface area contributed by atoms with E-state index in [0.717, 1.165) is 13.1 Å². The highest BCUT2D eigenvalue weighted by Crippen LogP contribution is 2.37. The van der Waals surface area contributed by atoms with E-state index in [1.54, 1.807) is 0 Å². The zero-order chi connectivity index (χ0) is 18.6. The molecule has 1 aromatic carbocycles. The molecule has 0 aromatic heterocycles. The molecule has 0 saturated carbocycles. The molecule has 0 bridgehead atoms. The third-order valence-corrected chi connectivity index (χ3v) is 6.52. The average Bonchev–Trinajstić information content (AvgIpc) is 2.59. The maximum Gasteiger partial charge on any atom is 0.245 e. The zero-order valence-corrected chi connectivity index (χ0v) is 16.2. The molecule has 1 saturated heterocycles. The van der Waals surface area contributed by atoms with Gasteiger partial charge in [-0.2, -0.15) is 0 Å². The fourth-order valence-electron chi connectivity index (χ4n) is 2.72.